The SMILES string of the molecule is CC(C)NC(=O)C(C)N(Cc1ccccc1Cl)C(=O)CCCSc1ccc(Cl)cc1. The minimum Gasteiger partial charge on any atom is -0.352 e. The van der Waals surface area contributed by atoms with Crippen LogP contribution < -0.4 is 5.32 Å². The third kappa shape index (κ3) is 7.86. The molecule has 1 atom stereocenters. The van der Waals surface area contributed by atoms with Gasteiger partial charge in [-0.05, 0) is 68.8 Å². The number of carbonyl (C=O) groups excluding carboxylic acids is 2. The molecule has 2 aromatic rings. The second-order valence-corrected chi connectivity index (χ2v) is 9.37. The molecular weight excluding hydrogens is 439 g/mol. The van der Waals surface area contributed by atoms with Crippen LogP contribution in [-0.4, -0.2) is 34.6 Å². The first-order valence-electron chi connectivity index (χ1n) is 9.99. The second kappa shape index (κ2) is 12.2. The lowest BCUT2D eigenvalue weighted by Gasteiger charge is -2.29. The molecule has 0 radical (unpaired) electrons. The average molecular weight is 467 g/mol. The first kappa shape index (κ1) is 24.6. The van der Waals surface area contributed by atoms with E-state index in [4.69, 9.17) is 23.2 Å². The van der Waals surface area contributed by atoms with E-state index in [1.807, 2.05) is 56.3 Å². The Morgan fingerprint density at radius 3 is 2.33 bits per heavy atom. The molecule has 4 nitrogen and oxygen atoms in total. The average Bonchev–Trinajstić information content (AvgIpc) is 2.70. The van der Waals surface area contributed by atoms with Crippen molar-refractivity contribution in [1.82, 2.24) is 10.2 Å². The van der Waals surface area contributed by atoms with Crippen LogP contribution in [0.3, 0.4) is 0 Å². The van der Waals surface area contributed by atoms with Gasteiger partial charge >= 0.3 is 0 Å². The van der Waals surface area contributed by atoms with Gasteiger partial charge in [0.25, 0.3) is 0 Å². The standard InChI is InChI=1S/C23H28Cl2N2O2S/c1-16(2)26-23(29)17(3)27(15-18-7-4-5-8-21(18)25)22(28)9-6-14-30-20-12-10-19(24)11-13-20/h4-5,7-8,10-13,16-17H,6,9,14-15H2,1-3H3,(H,26,29). The topological polar surface area (TPSA) is 49.4 Å². The Hall–Kier alpha value is -1.69. The fourth-order valence-electron chi connectivity index (χ4n) is 2.89. The molecule has 0 aliphatic carbocycles. The predicted octanol–water partition coefficient (Wildman–Crippen LogP) is 5.81. The van der Waals surface area contributed by atoms with E-state index in [2.05, 4.69) is 5.32 Å². The Morgan fingerprint density at radius 1 is 1.03 bits per heavy atom. The second-order valence-electron chi connectivity index (χ2n) is 7.36. The molecule has 0 heterocycles. The molecule has 2 amide bonds. The molecule has 2 aromatic carbocycles. The lowest BCUT2D eigenvalue weighted by atomic mass is 10.1. The van der Waals surface area contributed by atoms with E-state index in [1.54, 1.807) is 29.7 Å². The molecular formula is C23H28Cl2N2O2S. The first-order valence-corrected chi connectivity index (χ1v) is 11.7. The highest BCUT2D eigenvalue weighted by atomic mass is 35.5. The molecule has 0 saturated heterocycles. The predicted molar refractivity (Wildman–Crippen MR) is 126 cm³/mol. The molecule has 0 saturated carbocycles. The largest absolute Gasteiger partial charge is 0.352 e. The van der Waals surface area contributed by atoms with Crippen LogP contribution in [0.15, 0.2) is 53.4 Å². The summed E-state index contributed by atoms with van der Waals surface area (Å²) in [5.41, 5.74) is 0.826. The maximum Gasteiger partial charge on any atom is 0.242 e. The highest BCUT2D eigenvalue weighted by Crippen LogP contribution is 2.23. The zero-order valence-corrected chi connectivity index (χ0v) is 19.9. The minimum absolute atomic E-state index is 0.00740. The maximum atomic E-state index is 13.0. The fourth-order valence-corrected chi connectivity index (χ4v) is 4.06. The van der Waals surface area contributed by atoms with Gasteiger partial charge in [0.05, 0.1) is 0 Å². The van der Waals surface area contributed by atoms with Crippen molar-refractivity contribution in [1.29, 1.82) is 0 Å². The number of hydrogen-bond donors (Lipinski definition) is 1. The summed E-state index contributed by atoms with van der Waals surface area (Å²) >= 11 is 13.9. The number of benzene rings is 2. The van der Waals surface area contributed by atoms with Gasteiger partial charge in [-0.25, -0.2) is 0 Å². The van der Waals surface area contributed by atoms with Crippen LogP contribution in [-0.2, 0) is 16.1 Å². The molecule has 1 unspecified atom stereocenters. The van der Waals surface area contributed by atoms with Crippen molar-refractivity contribution in [2.24, 2.45) is 0 Å². The van der Waals surface area contributed by atoms with Crippen molar-refractivity contribution < 1.29 is 9.59 Å². The summed E-state index contributed by atoms with van der Waals surface area (Å²) in [7, 11) is 0. The van der Waals surface area contributed by atoms with Crippen LogP contribution in [0.2, 0.25) is 10.0 Å². The van der Waals surface area contributed by atoms with Gasteiger partial charge in [0.2, 0.25) is 11.8 Å². The molecule has 7 heteroatoms. The molecule has 0 spiro atoms. The third-order valence-electron chi connectivity index (χ3n) is 4.51. The van der Waals surface area contributed by atoms with E-state index in [0.29, 0.717) is 29.4 Å². The van der Waals surface area contributed by atoms with E-state index in [-0.39, 0.29) is 17.9 Å². The summed E-state index contributed by atoms with van der Waals surface area (Å²) in [6.07, 6.45) is 1.08. The van der Waals surface area contributed by atoms with Crippen molar-refractivity contribution in [3.63, 3.8) is 0 Å². The Morgan fingerprint density at radius 2 is 1.70 bits per heavy atom. The van der Waals surface area contributed by atoms with E-state index < -0.39 is 6.04 Å². The summed E-state index contributed by atoms with van der Waals surface area (Å²) in [4.78, 5) is 28.3. The van der Waals surface area contributed by atoms with Crippen molar-refractivity contribution >= 4 is 46.8 Å². The Balaban J connectivity index is 2.00. The van der Waals surface area contributed by atoms with Gasteiger partial charge in [-0.1, -0.05) is 41.4 Å². The van der Waals surface area contributed by atoms with E-state index in [0.717, 1.165) is 16.2 Å². The highest BCUT2D eigenvalue weighted by molar-refractivity contribution is 7.99. The smallest absolute Gasteiger partial charge is 0.242 e. The molecule has 0 aliphatic rings. The van der Waals surface area contributed by atoms with Gasteiger partial charge in [0.15, 0.2) is 0 Å². The van der Waals surface area contributed by atoms with Crippen LogP contribution in [0.1, 0.15) is 39.2 Å². The van der Waals surface area contributed by atoms with Gasteiger partial charge in [-0.2, -0.15) is 0 Å². The fraction of sp³-hybridized carbons (Fsp3) is 0.391. The van der Waals surface area contributed by atoms with Crippen LogP contribution >= 0.6 is 35.0 Å². The van der Waals surface area contributed by atoms with Gasteiger partial charge in [0.1, 0.15) is 6.04 Å². The molecule has 1 N–H and O–H groups in total. The van der Waals surface area contributed by atoms with Crippen molar-refractivity contribution in [2.45, 2.75) is 57.1 Å². The number of amides is 2. The summed E-state index contributed by atoms with van der Waals surface area (Å²) < 4.78 is 0. The highest BCUT2D eigenvalue weighted by Gasteiger charge is 2.26. The van der Waals surface area contributed by atoms with Crippen molar-refractivity contribution in [3.05, 3.63) is 64.1 Å². The summed E-state index contributed by atoms with van der Waals surface area (Å²) in [6, 6.07) is 14.5. The van der Waals surface area contributed by atoms with Gasteiger partial charge in [-0.15, -0.1) is 11.8 Å². The molecule has 0 fully saturated rings. The number of rotatable bonds is 10. The van der Waals surface area contributed by atoms with Gasteiger partial charge < -0.3 is 10.2 Å². The van der Waals surface area contributed by atoms with Gasteiger partial charge in [0, 0.05) is 33.9 Å². The van der Waals surface area contributed by atoms with Crippen LogP contribution in [0.4, 0.5) is 0 Å². The van der Waals surface area contributed by atoms with E-state index in [1.165, 1.54) is 0 Å². The van der Waals surface area contributed by atoms with E-state index >= 15 is 0 Å². The van der Waals surface area contributed by atoms with Crippen molar-refractivity contribution in [3.8, 4) is 0 Å². The molecule has 0 bridgehead atoms. The third-order valence-corrected chi connectivity index (χ3v) is 6.23. The summed E-state index contributed by atoms with van der Waals surface area (Å²) in [5, 5.41) is 4.19. The molecule has 162 valence electrons. The molecule has 30 heavy (non-hydrogen) atoms. The minimum atomic E-state index is -0.583. The van der Waals surface area contributed by atoms with Gasteiger partial charge in [-0.3, -0.25) is 9.59 Å². The maximum absolute atomic E-state index is 13.0. The summed E-state index contributed by atoms with van der Waals surface area (Å²) in [5.74, 6) is 0.582. The van der Waals surface area contributed by atoms with Crippen LogP contribution in [0.25, 0.3) is 0 Å². The lowest BCUT2D eigenvalue weighted by molar-refractivity contribution is -0.140. The monoisotopic (exact) mass is 466 g/mol. The number of thioether (sulfide) groups is 1. The quantitative estimate of drug-likeness (QED) is 0.355. The van der Waals surface area contributed by atoms with Crippen molar-refractivity contribution in [2.75, 3.05) is 5.75 Å². The number of hydrogen-bond acceptors (Lipinski definition) is 3. The number of halogens is 2. The number of carbonyl (C=O) groups is 2. The molecule has 0 aliphatic heterocycles. The zero-order chi connectivity index (χ0) is 22.1. The van der Waals surface area contributed by atoms with Crippen LogP contribution in [0.5, 0.6) is 0 Å². The normalized spacial score (nSPS) is 11.9. The number of nitrogens with one attached hydrogen (secondary N) is 1. The Bertz CT molecular complexity index is 843. The van der Waals surface area contributed by atoms with Crippen LogP contribution in [0, 0.1) is 0 Å². The van der Waals surface area contributed by atoms with E-state index in [9.17, 15) is 9.59 Å². The zero-order valence-electron chi connectivity index (χ0n) is 17.5. The summed E-state index contributed by atoms with van der Waals surface area (Å²) in [6.45, 7) is 5.86. The first-order chi connectivity index (χ1) is 14.3. The molecule has 2 rings (SSSR count). The Labute approximate surface area is 193 Å². The molecule has 0 aromatic heterocycles. The lowest BCUT2D eigenvalue weighted by Crippen LogP contribution is -2.49. The number of nitrogens with zero attached hydrogens (tertiary/aromatic N) is 1. The Kier molecular flexibility index (Phi) is 10.0.